The second-order valence-electron chi connectivity index (χ2n) is 4.43. The molecule has 6 heteroatoms. The number of ether oxygens (including phenoxy) is 1. The van der Waals surface area contributed by atoms with E-state index in [9.17, 15) is 4.79 Å². The van der Waals surface area contributed by atoms with Crippen molar-refractivity contribution in [3.8, 4) is 0 Å². The fourth-order valence-corrected chi connectivity index (χ4v) is 2.22. The molecule has 2 heterocycles. The maximum atomic E-state index is 12.4. The predicted octanol–water partition coefficient (Wildman–Crippen LogP) is 2.03. The van der Waals surface area contributed by atoms with Crippen LogP contribution in [0.25, 0.3) is 0 Å². The van der Waals surface area contributed by atoms with Gasteiger partial charge in [-0.25, -0.2) is 4.98 Å². The number of carbonyl (C=O) groups is 1. The molecular formula is C13H18ClN3O2. The molecule has 1 saturated heterocycles. The zero-order valence-electron chi connectivity index (χ0n) is 11.1. The van der Waals surface area contributed by atoms with Crippen molar-refractivity contribution in [2.45, 2.75) is 19.4 Å². The standard InChI is InChI=1S/C13H18ClN3O2/c1-3-9-8-17(6-7-19-9)13(18)12-10(14)4-5-11(15-2)16-12/h4-5,9H,3,6-8H2,1-2H3,(H,15,16). The van der Waals surface area contributed by atoms with Crippen LogP contribution in [0, 0.1) is 0 Å². The quantitative estimate of drug-likeness (QED) is 0.922. The summed E-state index contributed by atoms with van der Waals surface area (Å²) < 4.78 is 5.56. The fourth-order valence-electron chi connectivity index (χ4n) is 2.03. The molecule has 1 fully saturated rings. The highest BCUT2D eigenvalue weighted by Gasteiger charge is 2.26. The average Bonchev–Trinajstić information content (AvgIpc) is 2.47. The van der Waals surface area contributed by atoms with Crippen molar-refractivity contribution in [2.75, 3.05) is 32.1 Å². The molecule has 0 aliphatic carbocycles. The summed E-state index contributed by atoms with van der Waals surface area (Å²) in [5.41, 5.74) is 0.297. The molecule has 2 rings (SSSR count). The van der Waals surface area contributed by atoms with E-state index in [1.54, 1.807) is 24.1 Å². The lowest BCUT2D eigenvalue weighted by atomic mass is 10.2. The lowest BCUT2D eigenvalue weighted by Gasteiger charge is -2.32. The lowest BCUT2D eigenvalue weighted by molar-refractivity contribution is -0.0228. The Labute approximate surface area is 117 Å². The van der Waals surface area contributed by atoms with Crippen LogP contribution in [0.3, 0.4) is 0 Å². The average molecular weight is 284 g/mol. The first-order valence-corrected chi connectivity index (χ1v) is 6.78. The highest BCUT2D eigenvalue weighted by Crippen LogP contribution is 2.20. The normalized spacial score (nSPS) is 19.3. The monoisotopic (exact) mass is 283 g/mol. The lowest BCUT2D eigenvalue weighted by Crippen LogP contribution is -2.45. The van der Waals surface area contributed by atoms with Gasteiger partial charge in [-0.3, -0.25) is 4.79 Å². The molecule has 104 valence electrons. The summed E-state index contributed by atoms with van der Waals surface area (Å²) in [5, 5.41) is 3.29. The molecule has 0 bridgehead atoms. The summed E-state index contributed by atoms with van der Waals surface area (Å²) in [6, 6.07) is 3.43. The van der Waals surface area contributed by atoms with Crippen LogP contribution in [0.4, 0.5) is 5.82 Å². The summed E-state index contributed by atoms with van der Waals surface area (Å²) >= 11 is 6.07. The van der Waals surface area contributed by atoms with Crippen molar-refractivity contribution in [3.63, 3.8) is 0 Å². The molecule has 1 unspecified atom stereocenters. The van der Waals surface area contributed by atoms with Crippen LogP contribution >= 0.6 is 11.6 Å². The van der Waals surface area contributed by atoms with E-state index in [1.807, 2.05) is 6.92 Å². The van der Waals surface area contributed by atoms with Gasteiger partial charge in [-0.15, -0.1) is 0 Å². The third kappa shape index (κ3) is 3.16. The minimum absolute atomic E-state index is 0.101. The van der Waals surface area contributed by atoms with Crippen molar-refractivity contribution < 1.29 is 9.53 Å². The number of hydrogen-bond donors (Lipinski definition) is 1. The third-order valence-electron chi connectivity index (χ3n) is 3.19. The second kappa shape index (κ2) is 6.21. The summed E-state index contributed by atoms with van der Waals surface area (Å²) in [6.45, 7) is 3.79. The van der Waals surface area contributed by atoms with Gasteiger partial charge in [0, 0.05) is 20.1 Å². The van der Waals surface area contributed by atoms with Crippen LogP contribution in [-0.2, 0) is 4.74 Å². The first-order valence-electron chi connectivity index (χ1n) is 6.41. The maximum absolute atomic E-state index is 12.4. The number of nitrogens with zero attached hydrogens (tertiary/aromatic N) is 2. The second-order valence-corrected chi connectivity index (χ2v) is 4.84. The molecule has 0 saturated carbocycles. The predicted molar refractivity (Wildman–Crippen MR) is 74.7 cm³/mol. The van der Waals surface area contributed by atoms with Gasteiger partial charge in [-0.1, -0.05) is 18.5 Å². The Balaban J connectivity index is 2.18. The molecule has 1 atom stereocenters. The van der Waals surface area contributed by atoms with E-state index in [4.69, 9.17) is 16.3 Å². The van der Waals surface area contributed by atoms with Crippen molar-refractivity contribution in [3.05, 3.63) is 22.8 Å². The molecule has 1 aliphatic heterocycles. The SMILES string of the molecule is CCC1CN(C(=O)c2nc(NC)ccc2Cl)CCO1. The summed E-state index contributed by atoms with van der Waals surface area (Å²) in [4.78, 5) is 18.4. The highest BCUT2D eigenvalue weighted by molar-refractivity contribution is 6.33. The third-order valence-corrected chi connectivity index (χ3v) is 3.49. The molecule has 1 aromatic rings. The zero-order chi connectivity index (χ0) is 13.8. The number of amides is 1. The number of aromatic nitrogens is 1. The first-order chi connectivity index (χ1) is 9.15. The van der Waals surface area contributed by atoms with Gasteiger partial charge < -0.3 is 15.0 Å². The highest BCUT2D eigenvalue weighted by atomic mass is 35.5. The molecule has 5 nitrogen and oxygen atoms in total. The van der Waals surface area contributed by atoms with Gasteiger partial charge in [-0.2, -0.15) is 0 Å². The van der Waals surface area contributed by atoms with Gasteiger partial charge >= 0.3 is 0 Å². The van der Waals surface area contributed by atoms with Gasteiger partial charge in [-0.05, 0) is 18.6 Å². The number of carbonyl (C=O) groups excluding carboxylic acids is 1. The largest absolute Gasteiger partial charge is 0.375 e. The van der Waals surface area contributed by atoms with Crippen LogP contribution < -0.4 is 5.32 Å². The van der Waals surface area contributed by atoms with Crippen LogP contribution in [0.15, 0.2) is 12.1 Å². The molecular weight excluding hydrogens is 266 g/mol. The fraction of sp³-hybridized carbons (Fsp3) is 0.538. The van der Waals surface area contributed by atoms with Crippen LogP contribution in [0.1, 0.15) is 23.8 Å². The van der Waals surface area contributed by atoms with Gasteiger partial charge in [0.1, 0.15) is 11.5 Å². The Morgan fingerprint density at radius 2 is 2.42 bits per heavy atom. The molecule has 19 heavy (non-hydrogen) atoms. The molecule has 1 aliphatic rings. The number of nitrogens with one attached hydrogen (secondary N) is 1. The van der Waals surface area contributed by atoms with Crippen LogP contribution in [0.2, 0.25) is 5.02 Å². The molecule has 1 aromatic heterocycles. The maximum Gasteiger partial charge on any atom is 0.274 e. The Hall–Kier alpha value is -1.33. The van der Waals surface area contributed by atoms with E-state index in [-0.39, 0.29) is 12.0 Å². The van der Waals surface area contributed by atoms with Gasteiger partial charge in [0.05, 0.1) is 17.7 Å². The Kier molecular flexibility index (Phi) is 4.61. The number of rotatable bonds is 3. The summed E-state index contributed by atoms with van der Waals surface area (Å²) in [6.07, 6.45) is 0.991. The van der Waals surface area contributed by atoms with Crippen molar-refractivity contribution in [1.29, 1.82) is 0 Å². The van der Waals surface area contributed by atoms with E-state index in [0.717, 1.165) is 6.42 Å². The summed E-state index contributed by atoms with van der Waals surface area (Å²) in [5.74, 6) is 0.497. The Morgan fingerprint density at radius 3 is 3.11 bits per heavy atom. The zero-order valence-corrected chi connectivity index (χ0v) is 11.9. The van der Waals surface area contributed by atoms with E-state index in [1.165, 1.54) is 0 Å². The van der Waals surface area contributed by atoms with Gasteiger partial charge in [0.25, 0.3) is 5.91 Å². The minimum atomic E-state index is -0.135. The van der Waals surface area contributed by atoms with Crippen molar-refractivity contribution in [1.82, 2.24) is 9.88 Å². The van der Waals surface area contributed by atoms with E-state index in [0.29, 0.717) is 36.2 Å². The smallest absolute Gasteiger partial charge is 0.274 e. The van der Waals surface area contributed by atoms with E-state index >= 15 is 0 Å². The first kappa shape index (κ1) is 14.1. The number of hydrogen-bond acceptors (Lipinski definition) is 4. The molecule has 0 radical (unpaired) electrons. The van der Waals surface area contributed by atoms with Crippen molar-refractivity contribution >= 4 is 23.3 Å². The Bertz CT molecular complexity index is 467. The number of halogens is 1. The van der Waals surface area contributed by atoms with Crippen LogP contribution in [0.5, 0.6) is 0 Å². The number of morpholine rings is 1. The van der Waals surface area contributed by atoms with Gasteiger partial charge in [0.15, 0.2) is 0 Å². The van der Waals surface area contributed by atoms with Crippen molar-refractivity contribution in [2.24, 2.45) is 0 Å². The topological polar surface area (TPSA) is 54.5 Å². The van der Waals surface area contributed by atoms with Crippen LogP contribution in [-0.4, -0.2) is 48.6 Å². The Morgan fingerprint density at radius 1 is 1.63 bits per heavy atom. The number of pyridine rings is 1. The van der Waals surface area contributed by atoms with E-state index in [2.05, 4.69) is 10.3 Å². The minimum Gasteiger partial charge on any atom is -0.375 e. The summed E-state index contributed by atoms with van der Waals surface area (Å²) in [7, 11) is 1.76. The number of anilines is 1. The molecule has 0 aromatic carbocycles. The van der Waals surface area contributed by atoms with E-state index < -0.39 is 0 Å². The van der Waals surface area contributed by atoms with Gasteiger partial charge in [0.2, 0.25) is 0 Å². The molecule has 0 spiro atoms. The molecule has 1 N–H and O–H groups in total. The molecule has 1 amide bonds.